The lowest BCUT2D eigenvalue weighted by Gasteiger charge is -2.33. The van der Waals surface area contributed by atoms with E-state index in [1.807, 2.05) is 32.8 Å². The van der Waals surface area contributed by atoms with E-state index < -0.39 is 11.8 Å². The second kappa shape index (κ2) is 5.88. The Morgan fingerprint density at radius 3 is 2.53 bits per heavy atom. The van der Waals surface area contributed by atoms with Crippen LogP contribution in [0.25, 0.3) is 0 Å². The van der Waals surface area contributed by atoms with Gasteiger partial charge in [-0.05, 0) is 56.0 Å². The summed E-state index contributed by atoms with van der Waals surface area (Å²) in [5.74, 6) is -1.75. The number of hydrogen-bond acceptors (Lipinski definition) is 3. The Morgan fingerprint density at radius 1 is 1.47 bits per heavy atom. The normalized spacial score (nSPS) is 11.7. The summed E-state index contributed by atoms with van der Waals surface area (Å²) in [5.41, 5.74) is 0.0476. The average Bonchev–Trinajstić information content (AvgIpc) is 2.30. The summed E-state index contributed by atoms with van der Waals surface area (Å²) in [6.07, 6.45) is 0. The van der Waals surface area contributed by atoms with E-state index in [-0.39, 0.29) is 21.3 Å². The summed E-state index contributed by atoms with van der Waals surface area (Å²) >= 11 is 2.97. The largest absolute Gasteiger partial charge is 0.478 e. The van der Waals surface area contributed by atoms with Crippen LogP contribution in [-0.2, 0) is 0 Å². The number of hydrogen-bond donors (Lipinski definition) is 2. The minimum absolute atomic E-state index is 0.0346. The van der Waals surface area contributed by atoms with Crippen LogP contribution in [0.4, 0.5) is 10.1 Å². The molecule has 0 aliphatic carbocycles. The highest BCUT2D eigenvalue weighted by Crippen LogP contribution is 2.27. The number of carboxylic acids is 1. The number of halogens is 2. The molecule has 0 aliphatic rings. The van der Waals surface area contributed by atoms with Crippen molar-refractivity contribution < 1.29 is 14.3 Å². The number of rotatable bonds is 5. The predicted octanol–water partition coefficient (Wildman–Crippen LogP) is 3.04. The van der Waals surface area contributed by atoms with Gasteiger partial charge in [-0.1, -0.05) is 0 Å². The van der Waals surface area contributed by atoms with Crippen LogP contribution in [0.5, 0.6) is 0 Å². The summed E-state index contributed by atoms with van der Waals surface area (Å²) in [6, 6.07) is 2.82. The van der Waals surface area contributed by atoms with E-state index in [1.165, 1.54) is 12.1 Å². The first kappa shape index (κ1) is 15.9. The van der Waals surface area contributed by atoms with Crippen LogP contribution in [0.15, 0.2) is 16.6 Å². The monoisotopic (exact) mass is 332 g/mol. The molecule has 1 aromatic carbocycles. The summed E-state index contributed by atoms with van der Waals surface area (Å²) in [5, 5.41) is 11.9. The van der Waals surface area contributed by atoms with Gasteiger partial charge in [0.05, 0.1) is 15.7 Å². The van der Waals surface area contributed by atoms with Gasteiger partial charge in [0.25, 0.3) is 0 Å². The molecule has 0 amide bonds. The summed E-state index contributed by atoms with van der Waals surface area (Å²) in [6.45, 7) is 4.59. The Labute approximate surface area is 120 Å². The van der Waals surface area contributed by atoms with Crippen LogP contribution < -0.4 is 5.32 Å². The number of carbonyl (C=O) groups is 1. The molecule has 0 saturated heterocycles. The molecule has 0 unspecified atom stereocenters. The second-order valence-electron chi connectivity index (χ2n) is 5.15. The molecule has 4 nitrogen and oxygen atoms in total. The van der Waals surface area contributed by atoms with E-state index in [9.17, 15) is 9.18 Å². The van der Waals surface area contributed by atoms with Crippen molar-refractivity contribution in [2.45, 2.75) is 19.4 Å². The SMILES string of the molecule is CN(C)C(C)(C)CNc1ccc(C(=O)O)c(Br)c1F. The fourth-order valence-corrected chi connectivity index (χ4v) is 1.84. The molecule has 0 spiro atoms. The molecule has 19 heavy (non-hydrogen) atoms. The highest BCUT2D eigenvalue weighted by Gasteiger charge is 2.22. The topological polar surface area (TPSA) is 52.6 Å². The quantitative estimate of drug-likeness (QED) is 0.870. The lowest BCUT2D eigenvalue weighted by molar-refractivity contribution is 0.0695. The lowest BCUT2D eigenvalue weighted by atomic mass is 10.0. The van der Waals surface area contributed by atoms with E-state index in [1.54, 1.807) is 0 Å². The third-order valence-electron chi connectivity index (χ3n) is 3.23. The van der Waals surface area contributed by atoms with Crippen molar-refractivity contribution in [3.05, 3.63) is 28.0 Å². The first-order valence-electron chi connectivity index (χ1n) is 5.79. The Bertz CT molecular complexity index is 490. The molecule has 0 saturated carbocycles. The fraction of sp³-hybridized carbons (Fsp3) is 0.462. The zero-order chi connectivity index (χ0) is 14.8. The van der Waals surface area contributed by atoms with E-state index in [4.69, 9.17) is 5.11 Å². The number of benzene rings is 1. The van der Waals surface area contributed by atoms with Crippen LogP contribution in [0.1, 0.15) is 24.2 Å². The minimum Gasteiger partial charge on any atom is -0.478 e. The van der Waals surface area contributed by atoms with Gasteiger partial charge in [0.15, 0.2) is 5.82 Å². The molecule has 0 bridgehead atoms. The smallest absolute Gasteiger partial charge is 0.336 e. The number of likely N-dealkylation sites (N-methyl/N-ethyl adjacent to an activating group) is 1. The maximum Gasteiger partial charge on any atom is 0.336 e. The van der Waals surface area contributed by atoms with Gasteiger partial charge < -0.3 is 15.3 Å². The number of carboxylic acid groups (broad SMARTS) is 1. The third kappa shape index (κ3) is 3.67. The maximum absolute atomic E-state index is 14.0. The molecule has 106 valence electrons. The highest BCUT2D eigenvalue weighted by molar-refractivity contribution is 9.10. The number of nitrogens with zero attached hydrogens (tertiary/aromatic N) is 1. The van der Waals surface area contributed by atoms with Crippen LogP contribution in [-0.4, -0.2) is 42.2 Å². The van der Waals surface area contributed by atoms with E-state index in [2.05, 4.69) is 21.2 Å². The van der Waals surface area contributed by atoms with Crippen molar-refractivity contribution in [3.63, 3.8) is 0 Å². The first-order valence-corrected chi connectivity index (χ1v) is 6.58. The van der Waals surface area contributed by atoms with Crippen molar-refractivity contribution in [1.82, 2.24) is 4.90 Å². The average molecular weight is 333 g/mol. The zero-order valence-corrected chi connectivity index (χ0v) is 13.0. The number of anilines is 1. The molecule has 0 aliphatic heterocycles. The van der Waals surface area contributed by atoms with Gasteiger partial charge in [0, 0.05) is 12.1 Å². The Kier molecular flexibility index (Phi) is 4.92. The number of aromatic carboxylic acids is 1. The molecular formula is C13H18BrFN2O2. The van der Waals surface area contributed by atoms with Crippen molar-refractivity contribution in [3.8, 4) is 0 Å². The van der Waals surface area contributed by atoms with Gasteiger partial charge in [-0.2, -0.15) is 0 Å². The number of nitrogens with one attached hydrogen (secondary N) is 1. The maximum atomic E-state index is 14.0. The van der Waals surface area contributed by atoms with Crippen molar-refractivity contribution in [1.29, 1.82) is 0 Å². The molecule has 0 radical (unpaired) electrons. The van der Waals surface area contributed by atoms with Crippen LogP contribution in [0.3, 0.4) is 0 Å². The Morgan fingerprint density at radius 2 is 2.05 bits per heavy atom. The molecule has 2 N–H and O–H groups in total. The second-order valence-corrected chi connectivity index (χ2v) is 5.95. The summed E-state index contributed by atoms with van der Waals surface area (Å²) < 4.78 is 14.0. The molecule has 0 fully saturated rings. The Hall–Kier alpha value is -1.14. The highest BCUT2D eigenvalue weighted by atomic mass is 79.9. The molecule has 6 heteroatoms. The van der Waals surface area contributed by atoms with Gasteiger partial charge in [0.1, 0.15) is 0 Å². The molecule has 0 heterocycles. The molecule has 0 atom stereocenters. The minimum atomic E-state index is -1.16. The van der Waals surface area contributed by atoms with Gasteiger partial charge >= 0.3 is 5.97 Å². The van der Waals surface area contributed by atoms with Gasteiger partial charge in [0.2, 0.25) is 0 Å². The van der Waals surface area contributed by atoms with Crippen molar-refractivity contribution in [2.24, 2.45) is 0 Å². The van der Waals surface area contributed by atoms with E-state index >= 15 is 0 Å². The Balaban J connectivity index is 2.93. The van der Waals surface area contributed by atoms with Crippen LogP contribution in [0.2, 0.25) is 0 Å². The van der Waals surface area contributed by atoms with Gasteiger partial charge in [-0.3, -0.25) is 0 Å². The third-order valence-corrected chi connectivity index (χ3v) is 4.01. The van der Waals surface area contributed by atoms with Crippen LogP contribution >= 0.6 is 15.9 Å². The standard InChI is InChI=1S/C13H18BrFN2O2/c1-13(2,17(3)4)7-16-9-6-5-8(12(18)19)10(14)11(9)15/h5-6,16H,7H2,1-4H3,(H,18,19). The van der Waals surface area contributed by atoms with Gasteiger partial charge in [-0.15, -0.1) is 0 Å². The van der Waals surface area contributed by atoms with Crippen molar-refractivity contribution >= 4 is 27.6 Å². The molecule has 0 aromatic heterocycles. The summed E-state index contributed by atoms with van der Waals surface area (Å²) in [7, 11) is 3.89. The molecule has 1 rings (SSSR count). The fourth-order valence-electron chi connectivity index (χ4n) is 1.32. The van der Waals surface area contributed by atoms with E-state index in [0.29, 0.717) is 6.54 Å². The lowest BCUT2D eigenvalue weighted by Crippen LogP contribution is -2.44. The predicted molar refractivity (Wildman–Crippen MR) is 77.3 cm³/mol. The van der Waals surface area contributed by atoms with Crippen LogP contribution in [0, 0.1) is 5.82 Å². The zero-order valence-electron chi connectivity index (χ0n) is 11.4. The molecular weight excluding hydrogens is 315 g/mol. The molecule has 1 aromatic rings. The van der Waals surface area contributed by atoms with E-state index in [0.717, 1.165) is 0 Å². The summed E-state index contributed by atoms with van der Waals surface area (Å²) in [4.78, 5) is 12.9. The first-order chi connectivity index (χ1) is 8.66. The van der Waals surface area contributed by atoms with Crippen molar-refractivity contribution in [2.75, 3.05) is 26.0 Å². The van der Waals surface area contributed by atoms with Gasteiger partial charge in [-0.25, -0.2) is 9.18 Å².